The Hall–Kier alpha value is -1.10. The molecule has 0 spiro atoms. The van der Waals surface area contributed by atoms with Gasteiger partial charge in [0.25, 0.3) is 0 Å². The first-order chi connectivity index (χ1) is 7.58. The van der Waals surface area contributed by atoms with Gasteiger partial charge < -0.3 is 41.8 Å². The van der Waals surface area contributed by atoms with Crippen LogP contribution in [0.4, 0.5) is 11.4 Å². The van der Waals surface area contributed by atoms with E-state index in [-0.39, 0.29) is 30.3 Å². The molecule has 0 heterocycles. The predicted molar refractivity (Wildman–Crippen MR) is 70.1 cm³/mol. The van der Waals surface area contributed by atoms with Gasteiger partial charge in [0.2, 0.25) is 0 Å². The van der Waals surface area contributed by atoms with Gasteiger partial charge in [0.05, 0.1) is 0 Å². The molecule has 19 heavy (non-hydrogen) atoms. The third-order valence-corrected chi connectivity index (χ3v) is 3.02. The fourth-order valence-electron chi connectivity index (χ4n) is 1.75. The maximum Gasteiger partial charge on any atom is 0.130 e. The molecule has 0 saturated carbocycles. The van der Waals surface area contributed by atoms with Crippen molar-refractivity contribution in [3.8, 4) is 11.1 Å². The van der Waals surface area contributed by atoms with Crippen molar-refractivity contribution >= 4 is 11.4 Å². The molecular weight excluding hydrogens is 283 g/mol. The Labute approximate surface area is 126 Å². The lowest BCUT2D eigenvalue weighted by atomic mass is 10.0. The van der Waals surface area contributed by atoms with Crippen molar-refractivity contribution in [2.45, 2.75) is 13.8 Å². The highest BCUT2D eigenvalue weighted by Crippen LogP contribution is 2.25. The Morgan fingerprint density at radius 3 is 1.26 bits per heavy atom. The van der Waals surface area contributed by atoms with Gasteiger partial charge in [0.1, 0.15) is 11.4 Å². The maximum atomic E-state index is 3.98. The number of quaternary nitrogens is 2. The Bertz CT molecular complexity index is 495. The number of halogens is 2. The highest BCUT2D eigenvalue weighted by atomic mass is 35.5. The van der Waals surface area contributed by atoms with Crippen molar-refractivity contribution in [3.05, 3.63) is 47.5 Å². The average molecular weight is 303 g/mol. The van der Waals surface area contributed by atoms with E-state index in [1.54, 1.807) is 0 Å². The molecule has 8 N–H and O–H groups in total. The summed E-state index contributed by atoms with van der Waals surface area (Å²) in [7, 11) is 0. The standard InChI is InChI=1S/C14H16N2.2ClH.H2O/c1-9-7-11(3-5-13(9)15)12-4-6-14(16)10(2)8-12;;;/h3-8H,15-16H2,1-2H3;2*1H;1H2. The van der Waals surface area contributed by atoms with Crippen LogP contribution >= 0.6 is 0 Å². The number of benzene rings is 2. The second kappa shape index (κ2) is 8.15. The Morgan fingerprint density at radius 1 is 0.684 bits per heavy atom. The van der Waals surface area contributed by atoms with Crippen molar-refractivity contribution in [1.82, 2.24) is 0 Å². The lowest BCUT2D eigenvalue weighted by Crippen LogP contribution is -3.00. The zero-order valence-corrected chi connectivity index (χ0v) is 12.6. The molecule has 0 aromatic heterocycles. The molecule has 2 aromatic carbocycles. The minimum absolute atomic E-state index is 0. The van der Waals surface area contributed by atoms with E-state index in [2.05, 4.69) is 61.7 Å². The van der Waals surface area contributed by atoms with E-state index >= 15 is 0 Å². The SMILES string of the molecule is Cc1cc(-c2ccc([NH3+])c(C)c2)ccc1[NH3+].O.[Cl-].[Cl-]. The van der Waals surface area contributed by atoms with E-state index in [0.29, 0.717) is 0 Å². The largest absolute Gasteiger partial charge is 1.00 e. The van der Waals surface area contributed by atoms with Crippen molar-refractivity contribution in [2.75, 3.05) is 0 Å². The van der Waals surface area contributed by atoms with Crippen LogP contribution in [-0.2, 0) is 0 Å². The number of rotatable bonds is 1. The van der Waals surface area contributed by atoms with Gasteiger partial charge in [-0.25, -0.2) is 0 Å². The summed E-state index contributed by atoms with van der Waals surface area (Å²) < 4.78 is 0. The fourth-order valence-corrected chi connectivity index (χ4v) is 1.75. The topological polar surface area (TPSA) is 86.8 Å². The van der Waals surface area contributed by atoms with E-state index in [1.807, 2.05) is 0 Å². The molecule has 5 heteroatoms. The molecule has 106 valence electrons. The van der Waals surface area contributed by atoms with Crippen molar-refractivity contribution < 1.29 is 41.8 Å². The predicted octanol–water partition coefficient (Wildman–Crippen LogP) is -5.10. The van der Waals surface area contributed by atoms with Crippen LogP contribution in [-0.4, -0.2) is 5.48 Å². The van der Waals surface area contributed by atoms with Gasteiger partial charge in [-0.3, -0.25) is 0 Å². The van der Waals surface area contributed by atoms with Gasteiger partial charge in [-0.15, -0.1) is 0 Å². The summed E-state index contributed by atoms with van der Waals surface area (Å²) in [5, 5.41) is 0. The van der Waals surface area contributed by atoms with Crippen molar-refractivity contribution in [3.63, 3.8) is 0 Å². The first kappa shape index (κ1) is 20.2. The van der Waals surface area contributed by atoms with E-state index in [1.165, 1.54) is 22.3 Å². The van der Waals surface area contributed by atoms with Crippen LogP contribution < -0.4 is 36.3 Å². The molecule has 0 saturated heterocycles. The van der Waals surface area contributed by atoms with Crippen LogP contribution in [0.3, 0.4) is 0 Å². The molecule has 0 fully saturated rings. The summed E-state index contributed by atoms with van der Waals surface area (Å²) in [6.07, 6.45) is 0. The molecule has 2 rings (SSSR count). The highest BCUT2D eigenvalue weighted by Gasteiger charge is 2.04. The Morgan fingerprint density at radius 2 is 1.00 bits per heavy atom. The zero-order chi connectivity index (χ0) is 11.7. The van der Waals surface area contributed by atoms with Crippen LogP contribution in [0.15, 0.2) is 36.4 Å². The van der Waals surface area contributed by atoms with Crippen LogP contribution in [0.1, 0.15) is 11.1 Å². The molecule has 0 atom stereocenters. The normalized spacial score (nSPS) is 8.84. The van der Waals surface area contributed by atoms with Gasteiger partial charge in [-0.2, -0.15) is 0 Å². The minimum atomic E-state index is 0. The summed E-state index contributed by atoms with van der Waals surface area (Å²) in [6.45, 7) is 4.18. The lowest BCUT2D eigenvalue weighted by molar-refractivity contribution is -0.256. The van der Waals surface area contributed by atoms with Gasteiger partial charge in [0.15, 0.2) is 0 Å². The number of aryl methyl sites for hydroxylation is 2. The molecule has 0 aliphatic rings. The second-order valence-electron chi connectivity index (χ2n) is 4.28. The maximum absolute atomic E-state index is 3.98. The molecule has 0 bridgehead atoms. The molecule has 0 amide bonds. The molecule has 2 aromatic rings. The van der Waals surface area contributed by atoms with E-state index in [4.69, 9.17) is 0 Å². The monoisotopic (exact) mass is 302 g/mol. The van der Waals surface area contributed by atoms with Crippen molar-refractivity contribution in [2.24, 2.45) is 0 Å². The molecule has 0 radical (unpaired) electrons. The molecule has 3 nitrogen and oxygen atoms in total. The van der Waals surface area contributed by atoms with Gasteiger partial charge in [-0.1, -0.05) is 0 Å². The highest BCUT2D eigenvalue weighted by molar-refractivity contribution is 5.68. The first-order valence-corrected chi connectivity index (χ1v) is 5.43. The average Bonchev–Trinajstić information content (AvgIpc) is 2.26. The van der Waals surface area contributed by atoms with Crippen LogP contribution in [0.2, 0.25) is 0 Å². The summed E-state index contributed by atoms with van der Waals surface area (Å²) in [5.41, 5.74) is 15.1. The van der Waals surface area contributed by atoms with Crippen LogP contribution in [0.25, 0.3) is 11.1 Å². The first-order valence-electron chi connectivity index (χ1n) is 5.43. The number of hydrogen-bond acceptors (Lipinski definition) is 0. The Kier molecular flexibility index (Phi) is 8.67. The van der Waals surface area contributed by atoms with Gasteiger partial charge >= 0.3 is 0 Å². The summed E-state index contributed by atoms with van der Waals surface area (Å²) in [4.78, 5) is 0. The molecular formula is C14H20Cl2N2O. The van der Waals surface area contributed by atoms with E-state index < -0.39 is 0 Å². The quantitative estimate of drug-likeness (QED) is 0.528. The van der Waals surface area contributed by atoms with Gasteiger partial charge in [0, 0.05) is 11.1 Å². The summed E-state index contributed by atoms with van der Waals surface area (Å²) >= 11 is 0. The molecule has 0 aliphatic heterocycles. The summed E-state index contributed by atoms with van der Waals surface area (Å²) in [5.74, 6) is 0. The second-order valence-corrected chi connectivity index (χ2v) is 4.28. The van der Waals surface area contributed by atoms with E-state index in [0.717, 1.165) is 11.4 Å². The van der Waals surface area contributed by atoms with Gasteiger partial charge in [-0.05, 0) is 61.4 Å². The van der Waals surface area contributed by atoms with E-state index in [9.17, 15) is 0 Å². The summed E-state index contributed by atoms with van der Waals surface area (Å²) in [6, 6.07) is 12.7. The minimum Gasteiger partial charge on any atom is -1.00 e. The fraction of sp³-hybridized carbons (Fsp3) is 0.143. The third-order valence-electron chi connectivity index (χ3n) is 3.02. The molecule has 0 aliphatic carbocycles. The Balaban J connectivity index is 0. The lowest BCUT2D eigenvalue weighted by Gasteiger charge is -2.05. The van der Waals surface area contributed by atoms with Crippen molar-refractivity contribution in [1.29, 1.82) is 0 Å². The smallest absolute Gasteiger partial charge is 0.130 e. The number of hydrogen-bond donors (Lipinski definition) is 2. The van der Waals surface area contributed by atoms with Crippen LogP contribution in [0.5, 0.6) is 0 Å². The van der Waals surface area contributed by atoms with Crippen LogP contribution in [0, 0.1) is 13.8 Å². The zero-order valence-electron chi connectivity index (χ0n) is 11.1. The third kappa shape index (κ3) is 4.49. The molecule has 0 unspecified atom stereocenters.